The predicted octanol–water partition coefficient (Wildman–Crippen LogP) is -0.856. The summed E-state index contributed by atoms with van der Waals surface area (Å²) in [6, 6.07) is 4.76. The van der Waals surface area contributed by atoms with Crippen LogP contribution in [0.2, 0.25) is 0 Å². The molecule has 3 N–H and O–H groups in total. The fourth-order valence-corrected chi connectivity index (χ4v) is 4.21. The quantitative estimate of drug-likeness (QED) is 0.578. The first kappa shape index (κ1) is 19.1. The summed E-state index contributed by atoms with van der Waals surface area (Å²) in [5, 5.41) is 13.1. The lowest BCUT2D eigenvalue weighted by atomic mass is 9.78. The lowest BCUT2D eigenvalue weighted by molar-refractivity contribution is -0.136. The second-order valence-electron chi connectivity index (χ2n) is 7.19. The normalized spacial score (nSPS) is 26.0. The van der Waals surface area contributed by atoms with Crippen LogP contribution >= 0.6 is 0 Å². The molecule has 1 aromatic heterocycles. The van der Waals surface area contributed by atoms with E-state index in [1.54, 1.807) is 17.6 Å². The molecule has 1 aromatic rings. The van der Waals surface area contributed by atoms with Crippen molar-refractivity contribution in [3.63, 3.8) is 0 Å². The molecule has 2 saturated heterocycles. The largest absolute Gasteiger partial charge is 0.483 e. The van der Waals surface area contributed by atoms with E-state index in [9.17, 15) is 14.4 Å². The molecule has 2 amide bonds. The van der Waals surface area contributed by atoms with E-state index in [2.05, 4.69) is 10.6 Å². The van der Waals surface area contributed by atoms with Crippen LogP contribution in [0.15, 0.2) is 23.0 Å². The van der Waals surface area contributed by atoms with Crippen molar-refractivity contribution in [1.82, 2.24) is 20.1 Å². The van der Waals surface area contributed by atoms with Crippen molar-refractivity contribution in [2.24, 2.45) is 5.92 Å². The highest BCUT2D eigenvalue weighted by Crippen LogP contribution is 2.41. The number of nitrogens with zero attached hydrogens (tertiary/aromatic N) is 2. The molecule has 4 rings (SSSR count). The van der Waals surface area contributed by atoms with Gasteiger partial charge >= 0.3 is 0 Å². The molecule has 9 heteroatoms. The van der Waals surface area contributed by atoms with Gasteiger partial charge < -0.3 is 20.6 Å². The predicted molar refractivity (Wildman–Crippen MR) is 96.3 cm³/mol. The molecule has 3 atom stereocenters. The summed E-state index contributed by atoms with van der Waals surface area (Å²) in [4.78, 5) is 47.4. The highest BCUT2D eigenvalue weighted by atomic mass is 16.3. The van der Waals surface area contributed by atoms with Crippen molar-refractivity contribution in [2.45, 2.75) is 31.3 Å². The number of carboxylic acid groups (broad SMARTS) is 1. The van der Waals surface area contributed by atoms with E-state index >= 15 is 0 Å². The van der Waals surface area contributed by atoms with E-state index in [1.165, 1.54) is 6.07 Å². The van der Waals surface area contributed by atoms with Gasteiger partial charge in [-0.1, -0.05) is 6.07 Å². The first-order valence-corrected chi connectivity index (χ1v) is 9.02. The van der Waals surface area contributed by atoms with Gasteiger partial charge in [0, 0.05) is 56.7 Å². The number of hydrogen-bond donors (Lipinski definition) is 3. The Kier molecular flexibility index (Phi) is 5.59. The van der Waals surface area contributed by atoms with Gasteiger partial charge in [-0.25, -0.2) is 0 Å². The molecule has 0 radical (unpaired) electrons. The van der Waals surface area contributed by atoms with Crippen LogP contribution in [0.4, 0.5) is 0 Å². The van der Waals surface area contributed by atoms with E-state index < -0.39 is 6.04 Å². The molecule has 9 nitrogen and oxygen atoms in total. The lowest BCUT2D eigenvalue weighted by Gasteiger charge is -2.46. The Bertz CT molecular complexity index is 788. The molecule has 2 bridgehead atoms. The first-order valence-electron chi connectivity index (χ1n) is 9.02. The number of piperidine rings is 1. The van der Waals surface area contributed by atoms with E-state index in [1.807, 2.05) is 11.0 Å². The Balaban J connectivity index is 0.000000659. The van der Waals surface area contributed by atoms with Gasteiger partial charge in [-0.15, -0.1) is 0 Å². The van der Waals surface area contributed by atoms with E-state index in [0.29, 0.717) is 13.1 Å². The van der Waals surface area contributed by atoms with Crippen molar-refractivity contribution >= 4 is 18.3 Å². The van der Waals surface area contributed by atoms with Gasteiger partial charge in [-0.2, -0.15) is 0 Å². The van der Waals surface area contributed by atoms with Gasteiger partial charge in [0.1, 0.15) is 6.04 Å². The van der Waals surface area contributed by atoms with Crippen LogP contribution in [0, 0.1) is 5.92 Å². The van der Waals surface area contributed by atoms with Gasteiger partial charge in [0.05, 0.1) is 6.04 Å². The summed E-state index contributed by atoms with van der Waals surface area (Å²) in [7, 11) is 0. The summed E-state index contributed by atoms with van der Waals surface area (Å²) >= 11 is 0. The summed E-state index contributed by atoms with van der Waals surface area (Å²) in [6.07, 6.45) is 0.842. The van der Waals surface area contributed by atoms with Crippen molar-refractivity contribution in [2.75, 3.05) is 26.2 Å². The van der Waals surface area contributed by atoms with E-state index in [4.69, 9.17) is 9.90 Å². The van der Waals surface area contributed by atoms with Gasteiger partial charge in [-0.05, 0) is 12.5 Å². The molecule has 0 aromatic carbocycles. The van der Waals surface area contributed by atoms with Crippen LogP contribution in [-0.4, -0.2) is 65.1 Å². The minimum atomic E-state index is -0.535. The Labute approximate surface area is 156 Å². The molecular formula is C18H24N4O5. The number of pyridine rings is 1. The zero-order chi connectivity index (χ0) is 19.6. The van der Waals surface area contributed by atoms with Crippen LogP contribution in [0.3, 0.4) is 0 Å². The molecule has 3 aliphatic rings. The molecule has 0 unspecified atom stereocenters. The fraction of sp³-hybridized carbons (Fsp3) is 0.556. The van der Waals surface area contributed by atoms with Crippen LogP contribution in [-0.2, 0) is 14.4 Å². The van der Waals surface area contributed by atoms with Crippen molar-refractivity contribution in [3.05, 3.63) is 34.2 Å². The standard InChI is InChI=1S/C17H22N4O3.CH2O2/c1-10(22)20-8-11-5-12(9-20)16(17(24)19-13-6-18-7-13)21-14(11)3-2-4-15(21)23;2-1-3/h2-4,11-13,16,18H,5-9H2,1H3,(H,19,24);1H,(H,2,3)/t11-,12+,16-;/m1./s1. The number of rotatable bonds is 2. The smallest absolute Gasteiger partial charge is 0.290 e. The third-order valence-electron chi connectivity index (χ3n) is 5.49. The minimum Gasteiger partial charge on any atom is -0.483 e. The third kappa shape index (κ3) is 3.73. The van der Waals surface area contributed by atoms with Crippen molar-refractivity contribution < 1.29 is 19.5 Å². The molecule has 3 aliphatic heterocycles. The van der Waals surface area contributed by atoms with Crippen LogP contribution in [0.5, 0.6) is 0 Å². The number of carbonyl (C=O) groups is 3. The third-order valence-corrected chi connectivity index (χ3v) is 5.49. The van der Waals surface area contributed by atoms with Crippen LogP contribution < -0.4 is 16.2 Å². The minimum absolute atomic E-state index is 0.0201. The maximum Gasteiger partial charge on any atom is 0.290 e. The zero-order valence-electron chi connectivity index (χ0n) is 15.1. The van der Waals surface area contributed by atoms with Crippen molar-refractivity contribution in [3.8, 4) is 0 Å². The summed E-state index contributed by atoms with van der Waals surface area (Å²) in [6.45, 7) is 4.00. The molecule has 27 heavy (non-hydrogen) atoms. The number of nitrogens with one attached hydrogen (secondary N) is 2. The van der Waals surface area contributed by atoms with Crippen molar-refractivity contribution in [1.29, 1.82) is 0 Å². The Morgan fingerprint density at radius 1 is 1.30 bits per heavy atom. The lowest BCUT2D eigenvalue weighted by Crippen LogP contribution is -2.60. The number of aromatic nitrogens is 1. The number of fused-ring (bicyclic) bond motifs is 4. The maximum atomic E-state index is 12.9. The molecule has 146 valence electrons. The van der Waals surface area contributed by atoms with Gasteiger partial charge in [-0.3, -0.25) is 23.7 Å². The zero-order valence-corrected chi connectivity index (χ0v) is 15.1. The molecule has 0 spiro atoms. The average molecular weight is 376 g/mol. The monoisotopic (exact) mass is 376 g/mol. The number of likely N-dealkylation sites (tertiary alicyclic amines) is 1. The Morgan fingerprint density at radius 2 is 2.00 bits per heavy atom. The number of carbonyl (C=O) groups excluding carboxylic acids is 2. The second-order valence-corrected chi connectivity index (χ2v) is 7.19. The topological polar surface area (TPSA) is 121 Å². The Hall–Kier alpha value is -2.68. The molecule has 4 heterocycles. The number of hydrogen-bond acceptors (Lipinski definition) is 5. The summed E-state index contributed by atoms with van der Waals surface area (Å²) in [5.41, 5.74) is 0.738. The summed E-state index contributed by atoms with van der Waals surface area (Å²) < 4.78 is 1.66. The SMILES string of the molecule is CC(=O)N1C[C@H]2C[C@@H](C1)[C@H](C(=O)NC1CNC1)n1c2cccc1=O.O=CO. The van der Waals surface area contributed by atoms with Crippen LogP contribution in [0.1, 0.15) is 31.0 Å². The maximum absolute atomic E-state index is 12.9. The first-order chi connectivity index (χ1) is 13.0. The second kappa shape index (κ2) is 7.91. The molecule has 0 saturated carbocycles. The Morgan fingerprint density at radius 3 is 2.59 bits per heavy atom. The molecular weight excluding hydrogens is 352 g/mol. The summed E-state index contributed by atoms with van der Waals surface area (Å²) in [5.74, 6) is 0.0212. The van der Waals surface area contributed by atoms with Gasteiger partial charge in [0.2, 0.25) is 11.8 Å². The average Bonchev–Trinajstić information content (AvgIpc) is 2.59. The molecule has 2 fully saturated rings. The van der Waals surface area contributed by atoms with Gasteiger partial charge in [0.15, 0.2) is 0 Å². The molecule has 0 aliphatic carbocycles. The van der Waals surface area contributed by atoms with Gasteiger partial charge in [0.25, 0.3) is 12.0 Å². The number of amides is 2. The fourth-order valence-electron chi connectivity index (χ4n) is 4.21. The highest BCUT2D eigenvalue weighted by Gasteiger charge is 2.44. The van der Waals surface area contributed by atoms with E-state index in [0.717, 1.165) is 25.2 Å². The highest BCUT2D eigenvalue weighted by molar-refractivity contribution is 5.82. The van der Waals surface area contributed by atoms with E-state index in [-0.39, 0.29) is 41.7 Å². The van der Waals surface area contributed by atoms with Crippen LogP contribution in [0.25, 0.3) is 0 Å².